The van der Waals surface area contributed by atoms with Crippen LogP contribution in [-0.4, -0.2) is 23.7 Å². The van der Waals surface area contributed by atoms with E-state index in [-0.39, 0.29) is 11.6 Å². The number of hydrogen-bond acceptors (Lipinski definition) is 3. The molecule has 0 aliphatic heterocycles. The van der Waals surface area contributed by atoms with Crippen molar-refractivity contribution < 1.29 is 9.53 Å². The monoisotopic (exact) mass is 361 g/mol. The SMILES string of the molecule is O=C(COc1cccc(Cl)c1Cl)N/N=C/c1c[nH]c2ccccc12. The summed E-state index contributed by atoms with van der Waals surface area (Å²) < 4.78 is 5.33. The van der Waals surface area contributed by atoms with Gasteiger partial charge in [0, 0.05) is 22.7 Å². The number of nitrogens with zero attached hydrogens (tertiary/aromatic N) is 1. The molecule has 0 saturated carbocycles. The first-order chi connectivity index (χ1) is 11.6. The molecule has 122 valence electrons. The lowest BCUT2D eigenvalue weighted by Gasteiger charge is -2.07. The second kappa shape index (κ2) is 7.38. The molecule has 2 N–H and O–H groups in total. The number of para-hydroxylation sites is 1. The Morgan fingerprint density at radius 1 is 1.21 bits per heavy atom. The summed E-state index contributed by atoms with van der Waals surface area (Å²) in [5, 5.41) is 5.60. The summed E-state index contributed by atoms with van der Waals surface area (Å²) in [6.45, 7) is -0.217. The Hall–Kier alpha value is -2.50. The number of fused-ring (bicyclic) bond motifs is 1. The molecule has 0 aliphatic carbocycles. The predicted octanol–water partition coefficient (Wildman–Crippen LogP) is 4.00. The highest BCUT2D eigenvalue weighted by atomic mass is 35.5. The van der Waals surface area contributed by atoms with Gasteiger partial charge in [-0.05, 0) is 18.2 Å². The number of H-pyrrole nitrogens is 1. The van der Waals surface area contributed by atoms with Gasteiger partial charge in [0.25, 0.3) is 5.91 Å². The number of carbonyl (C=O) groups excluding carboxylic acids is 1. The minimum absolute atomic E-state index is 0.217. The van der Waals surface area contributed by atoms with Crippen molar-refractivity contribution in [2.75, 3.05) is 6.61 Å². The van der Waals surface area contributed by atoms with Crippen molar-refractivity contribution in [1.82, 2.24) is 10.4 Å². The van der Waals surface area contributed by atoms with Crippen molar-refractivity contribution in [1.29, 1.82) is 0 Å². The van der Waals surface area contributed by atoms with Crippen molar-refractivity contribution in [3.63, 3.8) is 0 Å². The van der Waals surface area contributed by atoms with Crippen molar-refractivity contribution in [2.24, 2.45) is 5.10 Å². The van der Waals surface area contributed by atoms with Gasteiger partial charge in [-0.15, -0.1) is 0 Å². The molecule has 0 unspecified atom stereocenters. The molecule has 0 atom stereocenters. The minimum Gasteiger partial charge on any atom is -0.482 e. The lowest BCUT2D eigenvalue weighted by atomic mass is 10.2. The minimum atomic E-state index is -0.401. The van der Waals surface area contributed by atoms with Gasteiger partial charge in [0.05, 0.1) is 11.2 Å². The third-order valence-corrected chi connectivity index (χ3v) is 4.09. The first-order valence-corrected chi connectivity index (χ1v) is 7.85. The predicted molar refractivity (Wildman–Crippen MR) is 96.0 cm³/mol. The van der Waals surface area contributed by atoms with E-state index in [4.69, 9.17) is 27.9 Å². The molecule has 0 spiro atoms. The van der Waals surface area contributed by atoms with Crippen LogP contribution in [0.5, 0.6) is 5.75 Å². The summed E-state index contributed by atoms with van der Waals surface area (Å²) in [6, 6.07) is 12.8. The molecule has 0 fully saturated rings. The number of halogens is 2. The summed E-state index contributed by atoms with van der Waals surface area (Å²) in [4.78, 5) is 14.9. The normalized spacial score (nSPS) is 11.1. The van der Waals surface area contributed by atoms with Gasteiger partial charge in [-0.25, -0.2) is 5.43 Å². The van der Waals surface area contributed by atoms with Crippen LogP contribution in [0.3, 0.4) is 0 Å². The zero-order valence-electron chi connectivity index (χ0n) is 12.4. The van der Waals surface area contributed by atoms with E-state index >= 15 is 0 Å². The van der Waals surface area contributed by atoms with Crippen LogP contribution in [0.1, 0.15) is 5.56 Å². The van der Waals surface area contributed by atoms with E-state index < -0.39 is 5.91 Å². The second-order valence-electron chi connectivity index (χ2n) is 4.92. The van der Waals surface area contributed by atoms with Crippen LogP contribution in [0.2, 0.25) is 10.0 Å². The van der Waals surface area contributed by atoms with Crippen LogP contribution >= 0.6 is 23.2 Å². The van der Waals surface area contributed by atoms with E-state index in [1.165, 1.54) is 0 Å². The summed E-state index contributed by atoms with van der Waals surface area (Å²) in [5.41, 5.74) is 4.29. The molecule has 1 aromatic heterocycles. The van der Waals surface area contributed by atoms with Gasteiger partial charge in [-0.3, -0.25) is 4.79 Å². The quantitative estimate of drug-likeness (QED) is 0.532. The van der Waals surface area contributed by atoms with Crippen molar-refractivity contribution in [3.8, 4) is 5.75 Å². The smallest absolute Gasteiger partial charge is 0.277 e. The first-order valence-electron chi connectivity index (χ1n) is 7.10. The summed E-state index contributed by atoms with van der Waals surface area (Å²) in [6.07, 6.45) is 3.39. The van der Waals surface area contributed by atoms with Gasteiger partial charge in [0.2, 0.25) is 0 Å². The van der Waals surface area contributed by atoms with Crippen molar-refractivity contribution in [3.05, 3.63) is 64.3 Å². The summed E-state index contributed by atoms with van der Waals surface area (Å²) in [5.74, 6) is -0.0536. The molecule has 2 aromatic carbocycles. The van der Waals surface area contributed by atoms with E-state index in [0.717, 1.165) is 16.5 Å². The van der Waals surface area contributed by atoms with Crippen LogP contribution in [-0.2, 0) is 4.79 Å². The average molecular weight is 362 g/mol. The molecule has 3 rings (SSSR count). The van der Waals surface area contributed by atoms with E-state index in [1.807, 2.05) is 30.5 Å². The van der Waals surface area contributed by atoms with E-state index in [9.17, 15) is 4.79 Å². The molecule has 1 amide bonds. The molecular weight excluding hydrogens is 349 g/mol. The number of aromatic nitrogens is 1. The van der Waals surface area contributed by atoms with Crippen LogP contribution in [0.4, 0.5) is 0 Å². The number of aromatic amines is 1. The third-order valence-electron chi connectivity index (χ3n) is 3.29. The molecule has 5 nitrogen and oxygen atoms in total. The number of nitrogens with one attached hydrogen (secondary N) is 2. The molecule has 1 heterocycles. The Kier molecular flexibility index (Phi) is 5.03. The highest BCUT2D eigenvalue weighted by Crippen LogP contribution is 2.31. The van der Waals surface area contributed by atoms with E-state index in [2.05, 4.69) is 15.5 Å². The van der Waals surface area contributed by atoms with Crippen LogP contribution in [0.25, 0.3) is 10.9 Å². The molecule has 7 heteroatoms. The molecule has 0 saturated heterocycles. The molecule has 0 radical (unpaired) electrons. The number of rotatable bonds is 5. The molecule has 0 bridgehead atoms. The number of hydrazone groups is 1. The molecule has 0 aliphatic rings. The maximum Gasteiger partial charge on any atom is 0.277 e. The molecule has 3 aromatic rings. The van der Waals surface area contributed by atoms with Gasteiger partial charge < -0.3 is 9.72 Å². The first kappa shape index (κ1) is 16.4. The maximum absolute atomic E-state index is 11.8. The van der Waals surface area contributed by atoms with Crippen molar-refractivity contribution >= 4 is 46.2 Å². The second-order valence-corrected chi connectivity index (χ2v) is 5.71. The Labute approximate surface area is 148 Å². The van der Waals surface area contributed by atoms with Gasteiger partial charge in [-0.1, -0.05) is 47.5 Å². The van der Waals surface area contributed by atoms with E-state index in [0.29, 0.717) is 10.8 Å². The number of carbonyl (C=O) groups is 1. The number of benzene rings is 2. The summed E-state index contributed by atoms with van der Waals surface area (Å²) >= 11 is 11.9. The third kappa shape index (κ3) is 3.69. The van der Waals surface area contributed by atoms with Gasteiger partial charge in [0.1, 0.15) is 10.8 Å². The zero-order valence-corrected chi connectivity index (χ0v) is 13.9. The van der Waals surface area contributed by atoms with Crippen molar-refractivity contribution in [2.45, 2.75) is 0 Å². The van der Waals surface area contributed by atoms with Crippen LogP contribution < -0.4 is 10.2 Å². The largest absolute Gasteiger partial charge is 0.482 e. The van der Waals surface area contributed by atoms with E-state index in [1.54, 1.807) is 24.4 Å². The fourth-order valence-electron chi connectivity index (χ4n) is 2.15. The topological polar surface area (TPSA) is 66.5 Å². The fourth-order valence-corrected chi connectivity index (χ4v) is 2.49. The van der Waals surface area contributed by atoms with Crippen LogP contribution in [0.15, 0.2) is 53.8 Å². The average Bonchev–Trinajstić information content (AvgIpc) is 3.00. The lowest BCUT2D eigenvalue weighted by Crippen LogP contribution is -2.24. The Morgan fingerprint density at radius 2 is 2.04 bits per heavy atom. The van der Waals surface area contributed by atoms with Gasteiger partial charge in [0.15, 0.2) is 6.61 Å². The maximum atomic E-state index is 11.8. The van der Waals surface area contributed by atoms with Gasteiger partial charge in [-0.2, -0.15) is 5.10 Å². The fraction of sp³-hybridized carbons (Fsp3) is 0.0588. The number of ether oxygens (including phenoxy) is 1. The molecular formula is C17H13Cl2N3O2. The molecule has 24 heavy (non-hydrogen) atoms. The Balaban J connectivity index is 1.56. The van der Waals surface area contributed by atoms with Gasteiger partial charge >= 0.3 is 0 Å². The Bertz CT molecular complexity index is 906. The van der Waals surface area contributed by atoms with Crippen LogP contribution in [0, 0.1) is 0 Å². The highest BCUT2D eigenvalue weighted by molar-refractivity contribution is 6.42. The Morgan fingerprint density at radius 3 is 2.92 bits per heavy atom. The zero-order chi connectivity index (χ0) is 16.9. The standard InChI is InChI=1S/C17H13Cl2N3O2/c18-13-5-3-7-15(17(13)19)24-10-16(23)22-21-9-11-8-20-14-6-2-1-4-12(11)14/h1-9,20H,10H2,(H,22,23)/b21-9+. The number of hydrogen-bond donors (Lipinski definition) is 2. The lowest BCUT2D eigenvalue weighted by molar-refractivity contribution is -0.123. The summed E-state index contributed by atoms with van der Waals surface area (Å²) in [7, 11) is 0. The number of amides is 1. The highest BCUT2D eigenvalue weighted by Gasteiger charge is 2.08.